The van der Waals surface area contributed by atoms with Crippen molar-refractivity contribution in [3.8, 4) is 0 Å². The topological polar surface area (TPSA) is 89.6 Å². The van der Waals surface area contributed by atoms with Crippen LogP contribution < -0.4 is 11.1 Å². The van der Waals surface area contributed by atoms with E-state index in [0.717, 1.165) is 10.1 Å². The zero-order chi connectivity index (χ0) is 19.0. The van der Waals surface area contributed by atoms with E-state index in [1.165, 1.54) is 23.5 Å². The Morgan fingerprint density at radius 2 is 2.22 bits per heavy atom. The van der Waals surface area contributed by atoms with Crippen molar-refractivity contribution in [2.45, 2.75) is 18.9 Å². The molecule has 8 heteroatoms. The van der Waals surface area contributed by atoms with Crippen molar-refractivity contribution < 1.29 is 13.9 Å². The molecule has 6 nitrogen and oxygen atoms in total. The van der Waals surface area contributed by atoms with Gasteiger partial charge in [0.05, 0.1) is 4.70 Å². The number of rotatable bonds is 3. The van der Waals surface area contributed by atoms with Gasteiger partial charge in [-0.1, -0.05) is 0 Å². The van der Waals surface area contributed by atoms with Crippen LogP contribution in [0.5, 0.6) is 0 Å². The van der Waals surface area contributed by atoms with Crippen molar-refractivity contribution in [2.75, 3.05) is 11.9 Å². The van der Waals surface area contributed by atoms with Gasteiger partial charge in [-0.15, -0.1) is 11.3 Å². The molecule has 4 rings (SSSR count). The number of ether oxygens (including phenoxy) is 1. The Morgan fingerprint density at radius 3 is 3.04 bits per heavy atom. The number of amides is 1. The molecule has 3 aromatic rings. The fraction of sp³-hybridized carbons (Fsp3) is 0.211. The maximum Gasteiger partial charge on any atom is 0.282 e. The number of benzene rings is 1. The third-order valence-corrected chi connectivity index (χ3v) is 5.50. The van der Waals surface area contributed by atoms with Gasteiger partial charge in [-0.05, 0) is 48.0 Å². The first-order chi connectivity index (χ1) is 13.0. The second-order valence-electron chi connectivity index (χ2n) is 6.45. The summed E-state index contributed by atoms with van der Waals surface area (Å²) in [5.74, 6) is -0.778. The summed E-state index contributed by atoms with van der Waals surface area (Å²) in [5, 5.41) is 5.66. The van der Waals surface area contributed by atoms with Crippen LogP contribution in [0.15, 0.2) is 46.9 Å². The van der Waals surface area contributed by atoms with Gasteiger partial charge in [0.25, 0.3) is 11.9 Å². The van der Waals surface area contributed by atoms with Crippen LogP contribution in [0.2, 0.25) is 0 Å². The summed E-state index contributed by atoms with van der Waals surface area (Å²) in [6, 6.07) is 8.20. The molecule has 0 bridgehead atoms. The first-order valence-electron chi connectivity index (χ1n) is 8.39. The van der Waals surface area contributed by atoms with Gasteiger partial charge >= 0.3 is 0 Å². The smallest absolute Gasteiger partial charge is 0.282 e. The van der Waals surface area contributed by atoms with Crippen molar-refractivity contribution in [1.82, 2.24) is 4.98 Å². The van der Waals surface area contributed by atoms with Crippen LogP contribution in [0, 0.1) is 5.82 Å². The molecule has 1 aromatic carbocycles. The highest BCUT2D eigenvalue weighted by Crippen LogP contribution is 2.35. The molecule has 0 unspecified atom stereocenters. The summed E-state index contributed by atoms with van der Waals surface area (Å²) < 4.78 is 20.9. The molecule has 0 saturated heterocycles. The van der Waals surface area contributed by atoms with Crippen LogP contribution in [0.25, 0.3) is 10.1 Å². The molecule has 0 saturated carbocycles. The number of hydrogen-bond acceptors (Lipinski definition) is 6. The number of nitrogens with one attached hydrogen (secondary N) is 1. The zero-order valence-corrected chi connectivity index (χ0v) is 15.3. The maximum absolute atomic E-state index is 14.5. The summed E-state index contributed by atoms with van der Waals surface area (Å²) in [6.07, 6.45) is 2.08. The Kier molecular flexibility index (Phi) is 4.27. The van der Waals surface area contributed by atoms with Crippen molar-refractivity contribution in [2.24, 2.45) is 10.7 Å². The lowest BCUT2D eigenvalue weighted by molar-refractivity contribution is 0.0482. The predicted octanol–water partition coefficient (Wildman–Crippen LogP) is 3.64. The summed E-state index contributed by atoms with van der Waals surface area (Å²) in [4.78, 5) is 20.9. The number of fused-ring (bicyclic) bond motifs is 1. The van der Waals surface area contributed by atoms with Gasteiger partial charge in [0.1, 0.15) is 17.1 Å². The first kappa shape index (κ1) is 17.4. The Balaban J connectivity index is 1.64. The standard InChI is InChI=1S/C19H17FN4O2S/c1-19(6-8-23-18(21)26-19)13-10-12(2-3-14(13)20)24-17(25)15-16-11(4-7-22-15)5-9-27-16/h2-5,7,9-10H,6,8H2,1H3,(H2,21,23)(H,24,25)/t19-/m0/s1. The fourth-order valence-electron chi connectivity index (χ4n) is 3.14. The number of thiophene rings is 1. The highest BCUT2D eigenvalue weighted by Gasteiger charge is 2.35. The zero-order valence-electron chi connectivity index (χ0n) is 14.5. The lowest BCUT2D eigenvalue weighted by Crippen LogP contribution is -2.38. The maximum atomic E-state index is 14.5. The second kappa shape index (κ2) is 6.62. The quantitative estimate of drug-likeness (QED) is 0.721. The molecular formula is C19H17FN4O2S. The largest absolute Gasteiger partial charge is 0.454 e. The molecule has 1 aliphatic rings. The monoisotopic (exact) mass is 384 g/mol. The Hall–Kier alpha value is -3.00. The first-order valence-corrected chi connectivity index (χ1v) is 9.27. The molecule has 0 spiro atoms. The molecule has 1 aliphatic heterocycles. The van der Waals surface area contributed by atoms with Gasteiger partial charge < -0.3 is 15.8 Å². The van der Waals surface area contributed by atoms with Crippen LogP contribution in [-0.2, 0) is 10.3 Å². The highest BCUT2D eigenvalue weighted by atomic mass is 32.1. The number of anilines is 1. The summed E-state index contributed by atoms with van der Waals surface area (Å²) in [5.41, 5.74) is 5.84. The third-order valence-electron chi connectivity index (χ3n) is 4.56. The number of aromatic nitrogens is 1. The van der Waals surface area contributed by atoms with Crippen molar-refractivity contribution >= 4 is 39.0 Å². The SMILES string of the molecule is C[C@@]1(c2cc(NC(=O)c3nccc4ccsc34)ccc2F)CCN=C(N)O1. The Labute approximate surface area is 158 Å². The average molecular weight is 384 g/mol. The van der Waals surface area contributed by atoms with Gasteiger partial charge in [0.2, 0.25) is 0 Å². The minimum atomic E-state index is -0.942. The van der Waals surface area contributed by atoms with Crippen LogP contribution in [0.3, 0.4) is 0 Å². The number of aliphatic imine (C=N–C) groups is 1. The van der Waals surface area contributed by atoms with E-state index in [0.29, 0.717) is 29.9 Å². The van der Waals surface area contributed by atoms with Crippen LogP contribution in [-0.4, -0.2) is 23.5 Å². The lowest BCUT2D eigenvalue weighted by Gasteiger charge is -2.33. The second-order valence-corrected chi connectivity index (χ2v) is 7.37. The molecular weight excluding hydrogens is 367 g/mol. The number of hydrogen-bond donors (Lipinski definition) is 2. The molecule has 0 fully saturated rings. The lowest BCUT2D eigenvalue weighted by atomic mass is 9.90. The molecule has 1 atom stereocenters. The number of nitrogens with two attached hydrogens (primary N) is 1. The molecule has 0 radical (unpaired) electrons. The van der Waals surface area contributed by atoms with E-state index in [1.54, 1.807) is 19.2 Å². The van der Waals surface area contributed by atoms with E-state index >= 15 is 0 Å². The molecule has 2 aromatic heterocycles. The van der Waals surface area contributed by atoms with Crippen molar-refractivity contribution in [3.63, 3.8) is 0 Å². The van der Waals surface area contributed by atoms with Gasteiger partial charge in [-0.2, -0.15) is 0 Å². The van der Waals surface area contributed by atoms with Crippen LogP contribution >= 0.6 is 11.3 Å². The van der Waals surface area contributed by atoms with E-state index in [4.69, 9.17) is 10.5 Å². The molecule has 3 heterocycles. The predicted molar refractivity (Wildman–Crippen MR) is 104 cm³/mol. The van der Waals surface area contributed by atoms with E-state index in [-0.39, 0.29) is 11.9 Å². The minimum Gasteiger partial charge on any atom is -0.454 e. The number of carbonyl (C=O) groups excluding carboxylic acids is 1. The van der Waals surface area contributed by atoms with Gasteiger partial charge in [-0.3, -0.25) is 4.79 Å². The van der Waals surface area contributed by atoms with E-state index in [1.807, 2.05) is 17.5 Å². The minimum absolute atomic E-state index is 0.0335. The van der Waals surface area contributed by atoms with Gasteiger partial charge in [0, 0.05) is 30.4 Å². The number of halogens is 1. The number of amidine groups is 1. The summed E-state index contributed by atoms with van der Waals surface area (Å²) >= 11 is 1.45. The molecule has 3 N–H and O–H groups in total. The van der Waals surface area contributed by atoms with E-state index < -0.39 is 11.4 Å². The van der Waals surface area contributed by atoms with E-state index in [9.17, 15) is 9.18 Å². The number of nitrogens with zero attached hydrogens (tertiary/aromatic N) is 2. The van der Waals surface area contributed by atoms with Gasteiger partial charge in [0.15, 0.2) is 0 Å². The average Bonchev–Trinajstić information content (AvgIpc) is 3.11. The fourth-order valence-corrected chi connectivity index (χ4v) is 4.02. The number of pyridine rings is 1. The van der Waals surface area contributed by atoms with Crippen LogP contribution in [0.4, 0.5) is 10.1 Å². The third kappa shape index (κ3) is 3.23. The van der Waals surface area contributed by atoms with Crippen molar-refractivity contribution in [1.29, 1.82) is 0 Å². The van der Waals surface area contributed by atoms with Crippen LogP contribution in [0.1, 0.15) is 29.4 Å². The van der Waals surface area contributed by atoms with Gasteiger partial charge in [-0.25, -0.2) is 14.4 Å². The Bertz CT molecular complexity index is 1060. The molecule has 27 heavy (non-hydrogen) atoms. The number of carbonyl (C=O) groups is 1. The van der Waals surface area contributed by atoms with Crippen molar-refractivity contribution in [3.05, 3.63) is 59.0 Å². The van der Waals surface area contributed by atoms with E-state index in [2.05, 4.69) is 15.3 Å². The summed E-state index contributed by atoms with van der Waals surface area (Å²) in [6.45, 7) is 2.20. The highest BCUT2D eigenvalue weighted by molar-refractivity contribution is 7.17. The molecule has 0 aliphatic carbocycles. The normalized spacial score (nSPS) is 19.4. The summed E-state index contributed by atoms with van der Waals surface area (Å²) in [7, 11) is 0. The molecule has 138 valence electrons. The molecule has 1 amide bonds. The Morgan fingerprint density at radius 1 is 1.37 bits per heavy atom.